The zero-order chi connectivity index (χ0) is 36.2. The molecule has 3 aromatic carbocycles. The van der Waals surface area contributed by atoms with Crippen LogP contribution in [-0.2, 0) is 16.0 Å². The lowest BCUT2D eigenvalue weighted by Gasteiger charge is -2.44. The second kappa shape index (κ2) is 15.7. The van der Waals surface area contributed by atoms with Crippen LogP contribution < -0.4 is 24.3 Å². The molecule has 3 saturated heterocycles. The molecule has 2 unspecified atom stereocenters. The number of hydrogen-bond donors (Lipinski definition) is 3. The molecule has 268 valence electrons. The van der Waals surface area contributed by atoms with Crippen LogP contribution in [0.5, 0.6) is 17.2 Å². The number of hydrogen-bond acceptors (Lipinski definition) is 9. The highest BCUT2D eigenvalue weighted by molar-refractivity contribution is 6.35. The molecule has 7 rings (SSSR count). The smallest absolute Gasteiger partial charge is 0.335 e. The summed E-state index contributed by atoms with van der Waals surface area (Å²) in [4.78, 5) is 29.1. The number of aromatic carboxylic acids is 1. The molecule has 0 saturated carbocycles. The van der Waals surface area contributed by atoms with Gasteiger partial charge in [-0.25, -0.2) is 9.59 Å². The number of carboxylic acids is 1. The van der Waals surface area contributed by atoms with Crippen LogP contribution in [0.15, 0.2) is 73.1 Å². The van der Waals surface area contributed by atoms with Gasteiger partial charge in [-0.15, -0.1) is 0 Å². The number of rotatable bonds is 13. The first-order valence-corrected chi connectivity index (χ1v) is 17.3. The first kappa shape index (κ1) is 36.1. The van der Waals surface area contributed by atoms with E-state index in [1.54, 1.807) is 55.6 Å². The molecule has 0 spiro atoms. The van der Waals surface area contributed by atoms with E-state index in [1.165, 1.54) is 32.7 Å². The maximum absolute atomic E-state index is 14.0. The SMILES string of the molecule is COc1ccc(C(Nc2ccc(C(=O)O)c(C(Cc3c(Cl)c[n+](O)cc3Cl)c3ccc(OC)c(OC)c3)c2)C(=O)O[C@H]2CN3CCC2CC3)cc1. The summed E-state index contributed by atoms with van der Waals surface area (Å²) < 4.78 is 23.4. The van der Waals surface area contributed by atoms with Gasteiger partial charge in [0.15, 0.2) is 17.5 Å². The molecule has 0 aliphatic carbocycles. The van der Waals surface area contributed by atoms with Gasteiger partial charge >= 0.3 is 11.9 Å². The molecule has 3 aliphatic heterocycles. The average molecular weight is 738 g/mol. The van der Waals surface area contributed by atoms with Crippen LogP contribution >= 0.6 is 23.2 Å². The summed E-state index contributed by atoms with van der Waals surface area (Å²) in [5.41, 5.74) is 2.79. The third kappa shape index (κ3) is 7.96. The Morgan fingerprint density at radius 3 is 2.16 bits per heavy atom. The van der Waals surface area contributed by atoms with Crippen LogP contribution in [0.25, 0.3) is 0 Å². The summed E-state index contributed by atoms with van der Waals surface area (Å²) in [6, 6.07) is 16.5. The molecule has 0 amide bonds. The van der Waals surface area contributed by atoms with Crippen LogP contribution in [0.2, 0.25) is 10.0 Å². The highest BCUT2D eigenvalue weighted by Gasteiger charge is 2.38. The number of pyridine rings is 1. The number of anilines is 1. The fourth-order valence-electron chi connectivity index (χ4n) is 7.05. The molecule has 3 aliphatic rings. The highest BCUT2D eigenvalue weighted by atomic mass is 35.5. The summed E-state index contributed by atoms with van der Waals surface area (Å²) in [6.07, 6.45) is 4.55. The number of halogens is 2. The summed E-state index contributed by atoms with van der Waals surface area (Å²) in [6.45, 7) is 2.73. The number of benzene rings is 3. The molecule has 3 fully saturated rings. The second-order valence-electron chi connectivity index (χ2n) is 12.8. The van der Waals surface area contributed by atoms with Crippen LogP contribution in [0.3, 0.4) is 0 Å². The van der Waals surface area contributed by atoms with Gasteiger partial charge in [0.2, 0.25) is 12.4 Å². The Morgan fingerprint density at radius 1 is 0.902 bits per heavy atom. The Labute approximate surface area is 306 Å². The van der Waals surface area contributed by atoms with E-state index in [9.17, 15) is 19.9 Å². The Bertz CT molecular complexity index is 1880. The Balaban J connectivity index is 1.42. The van der Waals surface area contributed by atoms with Crippen molar-refractivity contribution in [2.75, 3.05) is 46.3 Å². The van der Waals surface area contributed by atoms with Gasteiger partial charge in [0, 0.05) is 28.4 Å². The number of esters is 1. The predicted molar refractivity (Wildman–Crippen MR) is 191 cm³/mol. The molecule has 1 aromatic heterocycles. The van der Waals surface area contributed by atoms with Gasteiger partial charge in [0.1, 0.15) is 21.9 Å². The summed E-state index contributed by atoms with van der Waals surface area (Å²) in [7, 11) is 4.62. The monoisotopic (exact) mass is 736 g/mol. The number of nitrogens with zero attached hydrogens (tertiary/aromatic N) is 2. The van der Waals surface area contributed by atoms with Gasteiger partial charge in [-0.3, -0.25) is 10.1 Å². The van der Waals surface area contributed by atoms with Gasteiger partial charge < -0.3 is 29.4 Å². The molecular weight excluding hydrogens is 697 g/mol. The minimum absolute atomic E-state index is 0.0385. The number of piperidine rings is 3. The Kier molecular flexibility index (Phi) is 11.1. The standard InChI is InChI=1S/C38H39Cl2N3O8/c1-48-26-8-4-23(5-9-26)36(38(46)51-35-21-42-14-12-22(35)13-15-42)41-25-7-10-27(37(44)45)29(17-25)28(18-30-31(39)19-43(47)20-32(30)40)24-6-11-33(49-2)34(16-24)50-3/h4-11,16-17,19-20,22,28,35-36,41H,12-15,18,21H2,1-3H3,(H-,44,45,47)/p+1/t28?,35-,36?/m0/s1. The number of aromatic nitrogens is 1. The average Bonchev–Trinajstić information content (AvgIpc) is 3.13. The third-order valence-corrected chi connectivity index (χ3v) is 10.5. The summed E-state index contributed by atoms with van der Waals surface area (Å²) in [5.74, 6) is -0.321. The maximum atomic E-state index is 14.0. The molecule has 13 heteroatoms. The van der Waals surface area contributed by atoms with Gasteiger partial charge in [-0.05, 0) is 97.4 Å². The van der Waals surface area contributed by atoms with Crippen LogP contribution in [0.4, 0.5) is 5.69 Å². The first-order valence-electron chi connectivity index (χ1n) is 16.6. The molecule has 3 N–H and O–H groups in total. The van der Waals surface area contributed by atoms with E-state index in [4.69, 9.17) is 42.1 Å². The van der Waals surface area contributed by atoms with Crippen molar-refractivity contribution in [3.63, 3.8) is 0 Å². The van der Waals surface area contributed by atoms with Crippen molar-refractivity contribution in [1.29, 1.82) is 0 Å². The molecule has 2 bridgehead atoms. The molecule has 11 nitrogen and oxygen atoms in total. The number of carbonyl (C=O) groups excluding carboxylic acids is 1. The largest absolute Gasteiger partial charge is 0.497 e. The van der Waals surface area contributed by atoms with Crippen molar-refractivity contribution in [1.82, 2.24) is 4.90 Å². The van der Waals surface area contributed by atoms with Crippen molar-refractivity contribution in [3.05, 3.63) is 111 Å². The normalized spacial score (nSPS) is 19.1. The lowest BCUT2D eigenvalue weighted by Crippen LogP contribution is -2.52. The predicted octanol–water partition coefficient (Wildman–Crippen LogP) is 6.41. The van der Waals surface area contributed by atoms with Gasteiger partial charge in [0.25, 0.3) is 0 Å². The number of carbonyl (C=O) groups is 2. The van der Waals surface area contributed by atoms with Gasteiger partial charge in [0.05, 0.1) is 26.9 Å². The zero-order valence-electron chi connectivity index (χ0n) is 28.5. The molecular formula is C38H40Cl2N3O8+. The Morgan fingerprint density at radius 2 is 1.57 bits per heavy atom. The van der Waals surface area contributed by atoms with Crippen molar-refractivity contribution in [2.45, 2.75) is 37.3 Å². The quantitative estimate of drug-likeness (QED) is 0.0805. The van der Waals surface area contributed by atoms with Crippen molar-refractivity contribution < 1.29 is 43.6 Å². The summed E-state index contributed by atoms with van der Waals surface area (Å²) >= 11 is 13.2. The molecule has 4 heterocycles. The lowest BCUT2D eigenvalue weighted by atomic mass is 9.83. The van der Waals surface area contributed by atoms with E-state index in [-0.39, 0.29) is 28.1 Å². The fourth-order valence-corrected chi connectivity index (χ4v) is 7.66. The molecule has 51 heavy (non-hydrogen) atoms. The number of methoxy groups -OCH3 is 3. The van der Waals surface area contributed by atoms with E-state index >= 15 is 0 Å². The number of carboxylic acid groups (broad SMARTS) is 1. The molecule has 3 atom stereocenters. The van der Waals surface area contributed by atoms with Crippen LogP contribution in [0, 0.1) is 5.92 Å². The number of ether oxygens (including phenoxy) is 4. The van der Waals surface area contributed by atoms with Crippen molar-refractivity contribution in [2.24, 2.45) is 5.92 Å². The minimum atomic E-state index is -1.14. The number of nitrogens with one attached hydrogen (secondary N) is 1. The Hall–Kier alpha value is -4.71. The molecule has 4 aromatic rings. The van der Waals surface area contributed by atoms with Crippen molar-refractivity contribution >= 4 is 40.8 Å². The van der Waals surface area contributed by atoms with E-state index in [0.29, 0.717) is 57.7 Å². The lowest BCUT2D eigenvalue weighted by molar-refractivity contribution is -0.904. The maximum Gasteiger partial charge on any atom is 0.335 e. The van der Waals surface area contributed by atoms with Crippen molar-refractivity contribution in [3.8, 4) is 17.2 Å². The number of fused-ring (bicyclic) bond motifs is 3. The van der Waals surface area contributed by atoms with E-state index in [0.717, 1.165) is 30.7 Å². The van der Waals surface area contributed by atoms with E-state index in [1.807, 2.05) is 6.07 Å². The van der Waals surface area contributed by atoms with Gasteiger partial charge in [-0.1, -0.05) is 41.4 Å². The topological polar surface area (TPSA) is 131 Å². The summed E-state index contributed by atoms with van der Waals surface area (Å²) in [5, 5.41) is 24.2. The van der Waals surface area contributed by atoms with E-state index < -0.39 is 23.9 Å². The fraction of sp³-hybridized carbons (Fsp3) is 0.342. The van der Waals surface area contributed by atoms with Gasteiger partial charge in [-0.2, -0.15) is 0 Å². The molecule has 0 radical (unpaired) electrons. The van der Waals surface area contributed by atoms with E-state index in [2.05, 4.69) is 10.2 Å². The minimum Gasteiger partial charge on any atom is -0.497 e. The highest BCUT2D eigenvalue weighted by Crippen LogP contribution is 2.40. The first-order chi connectivity index (χ1) is 24.6. The van der Waals surface area contributed by atoms with Crippen LogP contribution in [-0.4, -0.2) is 74.2 Å². The third-order valence-electron chi connectivity index (χ3n) is 9.80. The zero-order valence-corrected chi connectivity index (χ0v) is 30.0. The second-order valence-corrected chi connectivity index (χ2v) is 13.6. The van der Waals surface area contributed by atoms with Crippen LogP contribution in [0.1, 0.15) is 57.4 Å².